The van der Waals surface area contributed by atoms with Gasteiger partial charge in [0.15, 0.2) is 0 Å². The van der Waals surface area contributed by atoms with Gasteiger partial charge in [0, 0.05) is 35.2 Å². The second kappa shape index (κ2) is 4.22. The first-order chi connectivity index (χ1) is 8.86. The van der Waals surface area contributed by atoms with Crippen molar-refractivity contribution >= 4 is 22.3 Å². The first kappa shape index (κ1) is 10.4. The predicted octanol–water partition coefficient (Wildman–Crippen LogP) is 3.18. The maximum absolute atomic E-state index is 9.00. The third-order valence-electron chi connectivity index (χ3n) is 2.77. The summed E-state index contributed by atoms with van der Waals surface area (Å²) in [5.74, 6) is 0. The van der Waals surface area contributed by atoms with E-state index in [-0.39, 0.29) is 0 Å². The molecule has 4 nitrogen and oxygen atoms in total. The SMILES string of the molecule is N#Cc1cnccc1Nc1ccc2[nH]ccc2c1. The zero-order valence-electron chi connectivity index (χ0n) is 9.51. The number of rotatable bonds is 2. The summed E-state index contributed by atoms with van der Waals surface area (Å²) in [6, 6.07) is 11.9. The Morgan fingerprint density at radius 3 is 3.06 bits per heavy atom. The highest BCUT2D eigenvalue weighted by atomic mass is 14.9. The molecule has 0 radical (unpaired) electrons. The fourth-order valence-electron chi connectivity index (χ4n) is 1.88. The van der Waals surface area contributed by atoms with Gasteiger partial charge in [-0.1, -0.05) is 0 Å². The summed E-state index contributed by atoms with van der Waals surface area (Å²) in [6.45, 7) is 0. The second-order valence-corrected chi connectivity index (χ2v) is 3.94. The van der Waals surface area contributed by atoms with Crippen molar-refractivity contribution in [3.63, 3.8) is 0 Å². The van der Waals surface area contributed by atoms with Gasteiger partial charge in [-0.15, -0.1) is 0 Å². The van der Waals surface area contributed by atoms with Crippen LogP contribution in [0.5, 0.6) is 0 Å². The number of aromatic nitrogens is 2. The molecule has 2 N–H and O–H groups in total. The molecule has 0 fully saturated rings. The van der Waals surface area contributed by atoms with Crippen molar-refractivity contribution in [1.82, 2.24) is 9.97 Å². The first-order valence-corrected chi connectivity index (χ1v) is 5.55. The summed E-state index contributed by atoms with van der Waals surface area (Å²) in [4.78, 5) is 7.08. The van der Waals surface area contributed by atoms with Gasteiger partial charge in [0.25, 0.3) is 0 Å². The van der Waals surface area contributed by atoms with Crippen LogP contribution in [-0.4, -0.2) is 9.97 Å². The standard InChI is InChI=1S/C14H10N4/c15-8-11-9-16-5-4-14(11)18-12-1-2-13-10(7-12)3-6-17-13/h1-7,9,17H,(H,16,18). The molecule has 0 atom stereocenters. The number of H-pyrrole nitrogens is 1. The molecule has 2 aromatic heterocycles. The average molecular weight is 234 g/mol. The van der Waals surface area contributed by atoms with Gasteiger partial charge in [0.05, 0.1) is 11.3 Å². The van der Waals surface area contributed by atoms with Gasteiger partial charge in [0.2, 0.25) is 0 Å². The van der Waals surface area contributed by atoms with Gasteiger partial charge in [-0.2, -0.15) is 5.26 Å². The largest absolute Gasteiger partial charge is 0.361 e. The van der Waals surface area contributed by atoms with Crippen LogP contribution >= 0.6 is 0 Å². The van der Waals surface area contributed by atoms with E-state index in [1.807, 2.05) is 30.5 Å². The number of anilines is 2. The molecule has 0 aliphatic rings. The minimum atomic E-state index is 0.534. The summed E-state index contributed by atoms with van der Waals surface area (Å²) in [5, 5.41) is 13.4. The van der Waals surface area contributed by atoms with Gasteiger partial charge < -0.3 is 10.3 Å². The van der Waals surface area contributed by atoms with Crippen molar-refractivity contribution in [2.75, 3.05) is 5.32 Å². The maximum atomic E-state index is 9.00. The summed E-state index contributed by atoms with van der Waals surface area (Å²) in [5.41, 5.74) is 3.34. The van der Waals surface area contributed by atoms with E-state index < -0.39 is 0 Å². The third-order valence-corrected chi connectivity index (χ3v) is 2.77. The number of pyridine rings is 1. The number of aromatic amines is 1. The van der Waals surface area contributed by atoms with E-state index in [0.29, 0.717) is 5.56 Å². The maximum Gasteiger partial charge on any atom is 0.103 e. The van der Waals surface area contributed by atoms with Crippen LogP contribution in [0.2, 0.25) is 0 Å². The molecular weight excluding hydrogens is 224 g/mol. The smallest absolute Gasteiger partial charge is 0.103 e. The van der Waals surface area contributed by atoms with E-state index in [9.17, 15) is 0 Å². The van der Waals surface area contributed by atoms with E-state index in [1.165, 1.54) is 0 Å². The summed E-state index contributed by atoms with van der Waals surface area (Å²) in [7, 11) is 0. The molecule has 0 aliphatic carbocycles. The lowest BCUT2D eigenvalue weighted by Crippen LogP contribution is -1.93. The Morgan fingerprint density at radius 2 is 2.17 bits per heavy atom. The summed E-state index contributed by atoms with van der Waals surface area (Å²) in [6.07, 6.45) is 5.12. The molecule has 86 valence electrons. The molecule has 0 saturated heterocycles. The second-order valence-electron chi connectivity index (χ2n) is 3.94. The van der Waals surface area contributed by atoms with Crippen molar-refractivity contribution < 1.29 is 0 Å². The molecule has 3 aromatic rings. The molecule has 0 amide bonds. The van der Waals surface area contributed by atoms with Crippen molar-refractivity contribution in [1.29, 1.82) is 5.26 Å². The van der Waals surface area contributed by atoms with Gasteiger partial charge in [0.1, 0.15) is 6.07 Å². The normalized spacial score (nSPS) is 10.2. The minimum absolute atomic E-state index is 0.534. The highest BCUT2D eigenvalue weighted by Gasteiger charge is 2.02. The van der Waals surface area contributed by atoms with Gasteiger partial charge in [-0.05, 0) is 30.3 Å². The fourth-order valence-corrected chi connectivity index (χ4v) is 1.88. The van der Waals surface area contributed by atoms with E-state index >= 15 is 0 Å². The topological polar surface area (TPSA) is 64.5 Å². The molecule has 0 spiro atoms. The van der Waals surface area contributed by atoms with E-state index in [0.717, 1.165) is 22.3 Å². The number of fused-ring (bicyclic) bond motifs is 1. The molecule has 18 heavy (non-hydrogen) atoms. The quantitative estimate of drug-likeness (QED) is 0.715. The first-order valence-electron chi connectivity index (χ1n) is 5.55. The van der Waals surface area contributed by atoms with Crippen LogP contribution in [0.3, 0.4) is 0 Å². The van der Waals surface area contributed by atoms with Crippen LogP contribution in [0.25, 0.3) is 10.9 Å². The highest BCUT2D eigenvalue weighted by Crippen LogP contribution is 2.23. The van der Waals surface area contributed by atoms with Crippen molar-refractivity contribution in [2.45, 2.75) is 0 Å². The van der Waals surface area contributed by atoms with Crippen LogP contribution in [0.15, 0.2) is 48.9 Å². The van der Waals surface area contributed by atoms with E-state index in [1.54, 1.807) is 18.5 Å². The Hall–Kier alpha value is -2.80. The van der Waals surface area contributed by atoms with Crippen LogP contribution in [0, 0.1) is 11.3 Å². The number of benzene rings is 1. The molecule has 3 rings (SSSR count). The molecule has 0 aliphatic heterocycles. The molecule has 1 aromatic carbocycles. The lowest BCUT2D eigenvalue weighted by atomic mass is 10.2. The summed E-state index contributed by atoms with van der Waals surface area (Å²) < 4.78 is 0. The van der Waals surface area contributed by atoms with Crippen molar-refractivity contribution in [3.05, 3.63) is 54.5 Å². The zero-order chi connectivity index (χ0) is 12.4. The van der Waals surface area contributed by atoms with Crippen LogP contribution in [-0.2, 0) is 0 Å². The number of nitriles is 1. The minimum Gasteiger partial charge on any atom is -0.361 e. The fraction of sp³-hybridized carbons (Fsp3) is 0. The Balaban J connectivity index is 1.98. The number of hydrogen-bond acceptors (Lipinski definition) is 3. The summed E-state index contributed by atoms with van der Waals surface area (Å²) >= 11 is 0. The molecular formula is C14H10N4. The predicted molar refractivity (Wildman–Crippen MR) is 70.5 cm³/mol. The number of nitrogens with zero attached hydrogens (tertiary/aromatic N) is 2. The third kappa shape index (κ3) is 1.78. The number of hydrogen-bond donors (Lipinski definition) is 2. The van der Waals surface area contributed by atoms with Gasteiger partial charge in [-0.3, -0.25) is 4.98 Å². The number of nitrogens with one attached hydrogen (secondary N) is 2. The van der Waals surface area contributed by atoms with Crippen molar-refractivity contribution in [2.24, 2.45) is 0 Å². The van der Waals surface area contributed by atoms with Crippen molar-refractivity contribution in [3.8, 4) is 6.07 Å². The molecule has 0 unspecified atom stereocenters. The monoisotopic (exact) mass is 234 g/mol. The molecule has 4 heteroatoms. The van der Waals surface area contributed by atoms with Gasteiger partial charge in [-0.25, -0.2) is 0 Å². The van der Waals surface area contributed by atoms with Crippen LogP contribution in [0.1, 0.15) is 5.56 Å². The highest BCUT2D eigenvalue weighted by molar-refractivity contribution is 5.84. The Kier molecular flexibility index (Phi) is 2.43. The van der Waals surface area contributed by atoms with E-state index in [2.05, 4.69) is 21.4 Å². The molecule has 0 saturated carbocycles. The zero-order valence-corrected chi connectivity index (χ0v) is 9.51. The lowest BCUT2D eigenvalue weighted by molar-refractivity contribution is 1.30. The molecule has 2 heterocycles. The molecule has 0 bridgehead atoms. The Bertz CT molecular complexity index is 737. The van der Waals surface area contributed by atoms with E-state index in [4.69, 9.17) is 5.26 Å². The van der Waals surface area contributed by atoms with Gasteiger partial charge >= 0.3 is 0 Å². The van der Waals surface area contributed by atoms with Crippen LogP contribution < -0.4 is 5.32 Å². The lowest BCUT2D eigenvalue weighted by Gasteiger charge is -2.07. The average Bonchev–Trinajstić information content (AvgIpc) is 2.87. The van der Waals surface area contributed by atoms with Crippen LogP contribution in [0.4, 0.5) is 11.4 Å². The Morgan fingerprint density at radius 1 is 1.22 bits per heavy atom. The Labute approximate surface area is 104 Å².